The molecule has 0 spiro atoms. The molecule has 0 amide bonds. The van der Waals surface area contributed by atoms with Gasteiger partial charge in [0.2, 0.25) is 5.95 Å². The summed E-state index contributed by atoms with van der Waals surface area (Å²) >= 11 is 6.24. The van der Waals surface area contributed by atoms with Gasteiger partial charge in [0, 0.05) is 31.6 Å². The molecule has 0 saturated carbocycles. The Bertz CT molecular complexity index is 403. The first-order valence-electron chi connectivity index (χ1n) is 5.85. The molecule has 2 aliphatic heterocycles. The summed E-state index contributed by atoms with van der Waals surface area (Å²) in [6.07, 6.45) is 3.13. The van der Waals surface area contributed by atoms with Crippen LogP contribution >= 0.6 is 11.6 Å². The maximum Gasteiger partial charge on any atom is 0.227 e. The third-order valence-electron chi connectivity index (χ3n) is 3.26. The van der Waals surface area contributed by atoms with Gasteiger partial charge in [-0.1, -0.05) is 11.6 Å². The van der Waals surface area contributed by atoms with Crippen LogP contribution in [0.3, 0.4) is 0 Å². The second-order valence-electron chi connectivity index (χ2n) is 4.33. The number of rotatable bonds is 1. The van der Waals surface area contributed by atoms with Gasteiger partial charge in [-0.05, 0) is 19.4 Å². The van der Waals surface area contributed by atoms with Crippen LogP contribution in [0.4, 0.5) is 5.95 Å². The van der Waals surface area contributed by atoms with Gasteiger partial charge in [0.25, 0.3) is 0 Å². The van der Waals surface area contributed by atoms with E-state index in [2.05, 4.69) is 20.2 Å². The van der Waals surface area contributed by atoms with Gasteiger partial charge < -0.3 is 10.2 Å². The van der Waals surface area contributed by atoms with E-state index < -0.39 is 0 Å². The van der Waals surface area contributed by atoms with Crippen LogP contribution in [-0.2, 0) is 12.8 Å². The van der Waals surface area contributed by atoms with Crippen molar-refractivity contribution in [1.82, 2.24) is 15.3 Å². The number of nitrogens with zero attached hydrogens (tertiary/aromatic N) is 3. The lowest BCUT2D eigenvalue weighted by atomic mass is 10.1. The Hall–Kier alpha value is -0.870. The van der Waals surface area contributed by atoms with Gasteiger partial charge in [-0.2, -0.15) is 0 Å². The monoisotopic (exact) mass is 238 g/mol. The number of fused-ring (bicyclic) bond motifs is 1. The molecule has 1 saturated heterocycles. The topological polar surface area (TPSA) is 41.1 Å². The average molecular weight is 239 g/mol. The van der Waals surface area contributed by atoms with E-state index in [0.29, 0.717) is 5.15 Å². The molecule has 5 heteroatoms. The zero-order valence-electron chi connectivity index (χ0n) is 9.17. The molecule has 0 aromatic carbocycles. The summed E-state index contributed by atoms with van der Waals surface area (Å²) in [5.41, 5.74) is 2.27. The molecular weight excluding hydrogens is 224 g/mol. The van der Waals surface area contributed by atoms with E-state index in [-0.39, 0.29) is 0 Å². The summed E-state index contributed by atoms with van der Waals surface area (Å²) < 4.78 is 0. The fourth-order valence-corrected chi connectivity index (χ4v) is 2.42. The summed E-state index contributed by atoms with van der Waals surface area (Å²) in [5.74, 6) is 0.817. The minimum Gasteiger partial charge on any atom is -0.341 e. The Kier molecular flexibility index (Phi) is 2.69. The summed E-state index contributed by atoms with van der Waals surface area (Å²) in [5, 5.41) is 4.01. The molecular formula is C11H15ClN4. The van der Waals surface area contributed by atoms with Crippen molar-refractivity contribution in [3.63, 3.8) is 0 Å². The molecule has 86 valence electrons. The first-order valence-corrected chi connectivity index (χ1v) is 6.23. The Balaban J connectivity index is 1.98. The standard InChI is InChI=1S/C11H15ClN4/c12-10-8-2-4-13-5-3-9(8)14-11(15-10)16-6-1-7-16/h13H,1-7H2. The van der Waals surface area contributed by atoms with Crippen molar-refractivity contribution in [2.24, 2.45) is 0 Å². The van der Waals surface area contributed by atoms with Crippen molar-refractivity contribution in [1.29, 1.82) is 0 Å². The van der Waals surface area contributed by atoms with Crippen molar-refractivity contribution in [2.75, 3.05) is 31.1 Å². The van der Waals surface area contributed by atoms with E-state index in [0.717, 1.165) is 56.2 Å². The van der Waals surface area contributed by atoms with Crippen LogP contribution < -0.4 is 10.2 Å². The van der Waals surface area contributed by atoms with Crippen molar-refractivity contribution < 1.29 is 0 Å². The maximum absolute atomic E-state index is 6.24. The molecule has 3 heterocycles. The number of aromatic nitrogens is 2. The third-order valence-corrected chi connectivity index (χ3v) is 3.57. The van der Waals surface area contributed by atoms with Crippen LogP contribution in [0, 0.1) is 0 Å². The van der Waals surface area contributed by atoms with Gasteiger partial charge in [-0.25, -0.2) is 9.97 Å². The SMILES string of the molecule is Clc1nc(N2CCC2)nc2c1CCNCC2. The Morgan fingerprint density at radius 1 is 1.12 bits per heavy atom. The van der Waals surface area contributed by atoms with Crippen LogP contribution in [-0.4, -0.2) is 36.1 Å². The molecule has 0 bridgehead atoms. The molecule has 1 aromatic rings. The van der Waals surface area contributed by atoms with E-state index in [1.54, 1.807) is 0 Å². The number of nitrogens with one attached hydrogen (secondary N) is 1. The highest BCUT2D eigenvalue weighted by atomic mass is 35.5. The van der Waals surface area contributed by atoms with Gasteiger partial charge in [-0.3, -0.25) is 0 Å². The molecule has 0 unspecified atom stereocenters. The first kappa shape index (κ1) is 10.3. The van der Waals surface area contributed by atoms with Gasteiger partial charge in [0.05, 0.1) is 5.69 Å². The Labute approximate surface area is 100 Å². The molecule has 1 aromatic heterocycles. The van der Waals surface area contributed by atoms with Gasteiger partial charge in [-0.15, -0.1) is 0 Å². The molecule has 1 fully saturated rings. The number of halogens is 1. The summed E-state index contributed by atoms with van der Waals surface area (Å²) in [6, 6.07) is 0. The minimum absolute atomic E-state index is 0.649. The highest BCUT2D eigenvalue weighted by Gasteiger charge is 2.21. The van der Waals surface area contributed by atoms with Crippen LogP contribution in [0.1, 0.15) is 17.7 Å². The molecule has 1 N–H and O–H groups in total. The molecule has 4 nitrogen and oxygen atoms in total. The lowest BCUT2D eigenvalue weighted by Crippen LogP contribution is -2.38. The fourth-order valence-electron chi connectivity index (χ4n) is 2.14. The average Bonchev–Trinajstić information content (AvgIpc) is 2.40. The summed E-state index contributed by atoms with van der Waals surface area (Å²) in [4.78, 5) is 11.2. The highest BCUT2D eigenvalue weighted by Crippen LogP contribution is 2.24. The van der Waals surface area contributed by atoms with Gasteiger partial charge in [0.1, 0.15) is 5.15 Å². The lowest BCUT2D eigenvalue weighted by Gasteiger charge is -2.31. The molecule has 2 aliphatic rings. The zero-order chi connectivity index (χ0) is 11.0. The zero-order valence-corrected chi connectivity index (χ0v) is 9.93. The molecule has 0 radical (unpaired) electrons. The van der Waals surface area contributed by atoms with Crippen molar-refractivity contribution in [3.8, 4) is 0 Å². The molecule has 0 atom stereocenters. The van der Waals surface area contributed by atoms with Crippen molar-refractivity contribution in [3.05, 3.63) is 16.4 Å². The van der Waals surface area contributed by atoms with Crippen LogP contribution in [0.25, 0.3) is 0 Å². The predicted molar refractivity (Wildman–Crippen MR) is 64.1 cm³/mol. The molecule has 16 heavy (non-hydrogen) atoms. The summed E-state index contributed by atoms with van der Waals surface area (Å²) in [7, 11) is 0. The number of hydrogen-bond donors (Lipinski definition) is 1. The molecule has 3 rings (SSSR count). The lowest BCUT2D eigenvalue weighted by molar-refractivity contribution is 0.597. The summed E-state index contributed by atoms with van der Waals surface area (Å²) in [6.45, 7) is 4.08. The minimum atomic E-state index is 0.649. The van der Waals surface area contributed by atoms with E-state index in [4.69, 9.17) is 11.6 Å². The Morgan fingerprint density at radius 3 is 2.69 bits per heavy atom. The quantitative estimate of drug-likeness (QED) is 0.742. The predicted octanol–water partition coefficient (Wildman–Crippen LogP) is 1.03. The largest absolute Gasteiger partial charge is 0.341 e. The van der Waals surface area contributed by atoms with Crippen LogP contribution in [0.5, 0.6) is 0 Å². The van der Waals surface area contributed by atoms with Crippen molar-refractivity contribution >= 4 is 17.5 Å². The number of hydrogen-bond acceptors (Lipinski definition) is 4. The van der Waals surface area contributed by atoms with Crippen molar-refractivity contribution in [2.45, 2.75) is 19.3 Å². The highest BCUT2D eigenvalue weighted by molar-refractivity contribution is 6.30. The maximum atomic E-state index is 6.24. The fraction of sp³-hybridized carbons (Fsp3) is 0.636. The van der Waals surface area contributed by atoms with Crippen LogP contribution in [0.15, 0.2) is 0 Å². The van der Waals surface area contributed by atoms with Crippen LogP contribution in [0.2, 0.25) is 5.15 Å². The van der Waals surface area contributed by atoms with E-state index in [1.165, 1.54) is 6.42 Å². The first-order chi connectivity index (χ1) is 7.84. The third kappa shape index (κ3) is 1.76. The number of anilines is 1. The normalized spacial score (nSPS) is 19.9. The van der Waals surface area contributed by atoms with E-state index in [1.807, 2.05) is 0 Å². The smallest absolute Gasteiger partial charge is 0.227 e. The second kappa shape index (κ2) is 4.18. The van der Waals surface area contributed by atoms with Gasteiger partial charge >= 0.3 is 0 Å². The van der Waals surface area contributed by atoms with E-state index in [9.17, 15) is 0 Å². The van der Waals surface area contributed by atoms with Gasteiger partial charge in [0.15, 0.2) is 0 Å². The molecule has 0 aliphatic carbocycles. The van der Waals surface area contributed by atoms with E-state index >= 15 is 0 Å². The second-order valence-corrected chi connectivity index (χ2v) is 4.69. The Morgan fingerprint density at radius 2 is 1.94 bits per heavy atom.